The molecule has 0 saturated carbocycles. The van der Waals surface area contributed by atoms with Crippen molar-refractivity contribution in [2.45, 2.75) is 25.8 Å². The summed E-state index contributed by atoms with van der Waals surface area (Å²) in [5, 5.41) is 4.89. The monoisotopic (exact) mass is 439 g/mol. The summed E-state index contributed by atoms with van der Waals surface area (Å²) in [5.41, 5.74) is 7.36. The normalized spacial score (nSPS) is 15.2. The number of likely N-dealkylation sites (N-methyl/N-ethyl adjacent to an activating group) is 1. The average molecular weight is 440 g/mol. The van der Waals surface area contributed by atoms with Crippen LogP contribution in [0.1, 0.15) is 23.2 Å². The minimum absolute atomic E-state index is 0.915. The van der Waals surface area contributed by atoms with E-state index in [0.29, 0.717) is 0 Å². The number of hydrogen-bond donors (Lipinski definition) is 2. The molecule has 0 atom stereocenters. The molecule has 2 N–H and O–H groups in total. The summed E-state index contributed by atoms with van der Waals surface area (Å²) in [6.07, 6.45) is 7.40. The Morgan fingerprint density at radius 1 is 0.909 bits per heavy atom. The predicted molar refractivity (Wildman–Crippen MR) is 137 cm³/mol. The van der Waals surface area contributed by atoms with Crippen molar-refractivity contribution in [2.75, 3.05) is 38.5 Å². The highest BCUT2D eigenvalue weighted by Crippen LogP contribution is 2.21. The van der Waals surface area contributed by atoms with E-state index in [2.05, 4.69) is 92.9 Å². The number of nitrogens with one attached hydrogen (secondary N) is 2. The Hall–Kier alpha value is -3.15. The number of benzene rings is 2. The van der Waals surface area contributed by atoms with Crippen molar-refractivity contribution in [2.24, 2.45) is 0 Å². The molecule has 1 aliphatic rings. The maximum absolute atomic E-state index is 4.58. The molecule has 33 heavy (non-hydrogen) atoms. The van der Waals surface area contributed by atoms with E-state index in [-0.39, 0.29) is 0 Å². The molecule has 5 nitrogen and oxygen atoms in total. The third-order valence-corrected chi connectivity index (χ3v) is 6.63. The fourth-order valence-electron chi connectivity index (χ4n) is 4.62. The van der Waals surface area contributed by atoms with Gasteiger partial charge in [-0.25, -0.2) is 0 Å². The summed E-state index contributed by atoms with van der Waals surface area (Å²) < 4.78 is 0. The van der Waals surface area contributed by atoms with Gasteiger partial charge in [0.05, 0.1) is 5.69 Å². The number of aromatic amines is 1. The zero-order chi connectivity index (χ0) is 22.5. The first kappa shape index (κ1) is 21.7. The van der Waals surface area contributed by atoms with Crippen molar-refractivity contribution in [1.29, 1.82) is 0 Å². The standard InChI is InChI=1S/C28H33N5/c1-32-15-17-33(18-16-32)21-26-19-25(13-14-29-26)31-24-11-9-22(10-12-24)5-4-6-23-20-30-28-8-3-2-7-27(23)28/h2-3,7-14,19-20,30H,4-6,15-18,21H2,1H3,(H,29,31). The molecule has 1 aliphatic heterocycles. The van der Waals surface area contributed by atoms with Crippen molar-refractivity contribution in [3.05, 3.63) is 89.9 Å². The quantitative estimate of drug-likeness (QED) is 0.395. The van der Waals surface area contributed by atoms with Crippen LogP contribution in [0.25, 0.3) is 10.9 Å². The molecule has 2 aromatic heterocycles. The van der Waals surface area contributed by atoms with Crippen LogP contribution in [0.3, 0.4) is 0 Å². The number of pyridine rings is 1. The molecular formula is C28H33N5. The van der Waals surface area contributed by atoms with Crippen LogP contribution in [-0.2, 0) is 19.4 Å². The van der Waals surface area contributed by atoms with Crippen LogP contribution >= 0.6 is 0 Å². The number of nitrogens with zero attached hydrogens (tertiary/aromatic N) is 3. The molecule has 5 rings (SSSR count). The second-order valence-electron chi connectivity index (χ2n) is 9.15. The third kappa shape index (κ3) is 5.62. The summed E-state index contributed by atoms with van der Waals surface area (Å²) in [7, 11) is 2.19. The molecule has 0 radical (unpaired) electrons. The smallest absolute Gasteiger partial charge is 0.0564 e. The second kappa shape index (κ2) is 10.2. The van der Waals surface area contributed by atoms with Gasteiger partial charge in [-0.05, 0) is 67.8 Å². The molecule has 170 valence electrons. The van der Waals surface area contributed by atoms with Gasteiger partial charge < -0.3 is 15.2 Å². The molecule has 0 amide bonds. The Morgan fingerprint density at radius 3 is 2.58 bits per heavy atom. The molecule has 0 spiro atoms. The van der Waals surface area contributed by atoms with Crippen LogP contribution in [0.2, 0.25) is 0 Å². The second-order valence-corrected chi connectivity index (χ2v) is 9.15. The first-order valence-electron chi connectivity index (χ1n) is 12.0. The summed E-state index contributed by atoms with van der Waals surface area (Å²) in [6, 6.07) is 21.6. The fraction of sp³-hybridized carbons (Fsp3) is 0.321. The molecule has 2 aromatic carbocycles. The van der Waals surface area contributed by atoms with E-state index < -0.39 is 0 Å². The molecule has 0 unspecified atom stereocenters. The lowest BCUT2D eigenvalue weighted by molar-refractivity contribution is 0.147. The van der Waals surface area contributed by atoms with E-state index in [9.17, 15) is 0 Å². The summed E-state index contributed by atoms with van der Waals surface area (Å²) in [5.74, 6) is 0. The highest BCUT2D eigenvalue weighted by Gasteiger charge is 2.14. The minimum atomic E-state index is 0.915. The SMILES string of the molecule is CN1CCN(Cc2cc(Nc3ccc(CCCc4c[nH]c5ccccc45)cc3)ccn2)CC1. The van der Waals surface area contributed by atoms with Crippen LogP contribution in [0.4, 0.5) is 11.4 Å². The molecular weight excluding hydrogens is 406 g/mol. The Labute approximate surface area is 196 Å². The zero-order valence-corrected chi connectivity index (χ0v) is 19.4. The van der Waals surface area contributed by atoms with Gasteiger partial charge in [-0.1, -0.05) is 30.3 Å². The number of fused-ring (bicyclic) bond motifs is 1. The number of anilines is 2. The van der Waals surface area contributed by atoms with E-state index in [4.69, 9.17) is 0 Å². The van der Waals surface area contributed by atoms with Gasteiger partial charge in [0.2, 0.25) is 0 Å². The Morgan fingerprint density at radius 2 is 1.73 bits per heavy atom. The summed E-state index contributed by atoms with van der Waals surface area (Å²) >= 11 is 0. The Kier molecular flexibility index (Phi) is 6.70. The molecule has 1 fully saturated rings. The van der Waals surface area contributed by atoms with E-state index >= 15 is 0 Å². The number of hydrogen-bond acceptors (Lipinski definition) is 4. The highest BCUT2D eigenvalue weighted by molar-refractivity contribution is 5.83. The molecule has 0 aliphatic carbocycles. The van der Waals surface area contributed by atoms with E-state index in [0.717, 1.165) is 69.1 Å². The first-order chi connectivity index (χ1) is 16.2. The van der Waals surface area contributed by atoms with Gasteiger partial charge in [-0.3, -0.25) is 9.88 Å². The van der Waals surface area contributed by atoms with Gasteiger partial charge >= 0.3 is 0 Å². The van der Waals surface area contributed by atoms with Gasteiger partial charge in [-0.2, -0.15) is 0 Å². The van der Waals surface area contributed by atoms with Gasteiger partial charge in [-0.15, -0.1) is 0 Å². The molecule has 5 heteroatoms. The predicted octanol–water partition coefficient (Wildman–Crippen LogP) is 5.23. The number of H-pyrrole nitrogens is 1. The largest absolute Gasteiger partial charge is 0.361 e. The lowest BCUT2D eigenvalue weighted by Gasteiger charge is -2.32. The van der Waals surface area contributed by atoms with Gasteiger partial charge in [0.1, 0.15) is 0 Å². The lowest BCUT2D eigenvalue weighted by atomic mass is 10.0. The van der Waals surface area contributed by atoms with Crippen LogP contribution in [-0.4, -0.2) is 53.0 Å². The van der Waals surface area contributed by atoms with Crippen molar-refractivity contribution in [3.63, 3.8) is 0 Å². The van der Waals surface area contributed by atoms with Gasteiger partial charge in [0.25, 0.3) is 0 Å². The number of para-hydroxylation sites is 1. The van der Waals surface area contributed by atoms with Crippen molar-refractivity contribution in [3.8, 4) is 0 Å². The van der Waals surface area contributed by atoms with Crippen LogP contribution < -0.4 is 5.32 Å². The Balaban J connectivity index is 1.13. The topological polar surface area (TPSA) is 47.2 Å². The zero-order valence-electron chi connectivity index (χ0n) is 19.4. The van der Waals surface area contributed by atoms with E-state index in [1.165, 1.54) is 22.0 Å². The maximum atomic E-state index is 4.58. The van der Waals surface area contributed by atoms with Crippen molar-refractivity contribution in [1.82, 2.24) is 19.8 Å². The number of rotatable bonds is 8. The average Bonchev–Trinajstić information content (AvgIpc) is 3.25. The number of piperazine rings is 1. The van der Waals surface area contributed by atoms with Gasteiger partial charge in [0.15, 0.2) is 0 Å². The number of aryl methyl sites for hydroxylation is 2. The van der Waals surface area contributed by atoms with Crippen LogP contribution in [0.15, 0.2) is 73.1 Å². The Bertz CT molecular complexity index is 1170. The van der Waals surface area contributed by atoms with E-state index in [1.807, 2.05) is 12.3 Å². The van der Waals surface area contributed by atoms with Crippen LogP contribution in [0.5, 0.6) is 0 Å². The fourth-order valence-corrected chi connectivity index (χ4v) is 4.62. The van der Waals surface area contributed by atoms with Crippen molar-refractivity contribution >= 4 is 22.3 Å². The number of aromatic nitrogens is 2. The minimum Gasteiger partial charge on any atom is -0.361 e. The molecule has 3 heterocycles. The first-order valence-corrected chi connectivity index (χ1v) is 12.0. The molecule has 4 aromatic rings. The molecule has 1 saturated heterocycles. The van der Waals surface area contributed by atoms with Crippen LogP contribution in [0, 0.1) is 0 Å². The molecule has 0 bridgehead atoms. The highest BCUT2D eigenvalue weighted by atomic mass is 15.2. The lowest BCUT2D eigenvalue weighted by Crippen LogP contribution is -2.44. The third-order valence-electron chi connectivity index (χ3n) is 6.63. The van der Waals surface area contributed by atoms with Gasteiger partial charge in [0, 0.05) is 67.4 Å². The van der Waals surface area contributed by atoms with E-state index in [1.54, 1.807) is 0 Å². The van der Waals surface area contributed by atoms with Crippen molar-refractivity contribution < 1.29 is 0 Å². The summed E-state index contributed by atoms with van der Waals surface area (Å²) in [4.78, 5) is 12.8. The maximum Gasteiger partial charge on any atom is 0.0564 e. The summed E-state index contributed by atoms with van der Waals surface area (Å²) in [6.45, 7) is 5.39.